The molecule has 2 N–H and O–H groups in total. The van der Waals surface area contributed by atoms with Gasteiger partial charge in [0.2, 0.25) is 5.91 Å². The van der Waals surface area contributed by atoms with E-state index in [1.807, 2.05) is 71.1 Å². The zero-order valence-corrected chi connectivity index (χ0v) is 20.2. The molecule has 0 bridgehead atoms. The van der Waals surface area contributed by atoms with Crippen molar-refractivity contribution in [1.82, 2.24) is 15.2 Å². The summed E-state index contributed by atoms with van der Waals surface area (Å²) in [6.45, 7) is 1.66. The molecule has 3 heterocycles. The van der Waals surface area contributed by atoms with E-state index in [9.17, 15) is 9.59 Å². The van der Waals surface area contributed by atoms with Gasteiger partial charge in [-0.25, -0.2) is 0 Å². The maximum atomic E-state index is 13.1. The normalized spacial score (nSPS) is 15.4. The lowest BCUT2D eigenvalue weighted by Crippen LogP contribution is -2.43. The van der Waals surface area contributed by atoms with Crippen molar-refractivity contribution in [2.75, 3.05) is 19.6 Å². The number of rotatable bonds is 6. The highest BCUT2D eigenvalue weighted by molar-refractivity contribution is 7.12. The first-order valence-corrected chi connectivity index (χ1v) is 12.8. The van der Waals surface area contributed by atoms with Crippen LogP contribution in [0, 0.1) is 5.92 Å². The molecule has 34 heavy (non-hydrogen) atoms. The molecule has 4 aromatic rings. The van der Waals surface area contributed by atoms with Gasteiger partial charge < -0.3 is 15.2 Å². The molecule has 2 aromatic heterocycles. The van der Waals surface area contributed by atoms with E-state index >= 15 is 0 Å². The molecule has 1 fully saturated rings. The van der Waals surface area contributed by atoms with Crippen LogP contribution in [-0.4, -0.2) is 41.3 Å². The van der Waals surface area contributed by atoms with E-state index in [1.165, 1.54) is 11.3 Å². The Morgan fingerprint density at radius 2 is 1.79 bits per heavy atom. The van der Waals surface area contributed by atoms with Gasteiger partial charge in [0.15, 0.2) is 0 Å². The number of hydrogen-bond donors (Lipinski definition) is 2. The number of fused-ring (bicyclic) bond motifs is 1. The van der Waals surface area contributed by atoms with Gasteiger partial charge in [-0.05, 0) is 47.5 Å². The number of piperidine rings is 1. The van der Waals surface area contributed by atoms with E-state index in [-0.39, 0.29) is 23.7 Å². The Kier molecular flexibility index (Phi) is 6.70. The van der Waals surface area contributed by atoms with Gasteiger partial charge in [-0.2, -0.15) is 0 Å². The van der Waals surface area contributed by atoms with Gasteiger partial charge in [0.25, 0.3) is 5.91 Å². The van der Waals surface area contributed by atoms with Crippen molar-refractivity contribution in [1.29, 1.82) is 0 Å². The minimum atomic E-state index is -0.0951. The molecule has 0 aliphatic carbocycles. The van der Waals surface area contributed by atoms with Gasteiger partial charge in [-0.3, -0.25) is 9.59 Å². The van der Waals surface area contributed by atoms with Gasteiger partial charge in [0.05, 0.1) is 4.88 Å². The first kappa shape index (κ1) is 22.7. The minimum Gasteiger partial charge on any atom is -0.361 e. The van der Waals surface area contributed by atoms with Gasteiger partial charge in [-0.15, -0.1) is 11.3 Å². The average molecular weight is 492 g/mol. The molecule has 2 aromatic carbocycles. The van der Waals surface area contributed by atoms with Gasteiger partial charge in [0, 0.05) is 53.6 Å². The number of H-pyrrole nitrogens is 1. The molecule has 174 valence electrons. The number of carbonyl (C=O) groups excluding carboxylic acids is 2. The van der Waals surface area contributed by atoms with Gasteiger partial charge >= 0.3 is 0 Å². The highest BCUT2D eigenvalue weighted by Crippen LogP contribution is 2.34. The molecular weight excluding hydrogens is 466 g/mol. The third kappa shape index (κ3) is 4.61. The fourth-order valence-electron chi connectivity index (χ4n) is 4.78. The molecule has 0 spiro atoms. The quantitative estimate of drug-likeness (QED) is 0.364. The highest BCUT2D eigenvalue weighted by Gasteiger charge is 2.29. The standard InChI is InChI=1S/C27H26ClN3O2S/c28-23-8-3-1-6-19(23)21(22-16-29-24-9-4-2-7-20(22)24)17-30-26(32)18-11-13-31(14-12-18)27(33)25-10-5-15-34-25/h1-10,15-16,18,21,29H,11-14,17H2,(H,30,32). The summed E-state index contributed by atoms with van der Waals surface area (Å²) in [6, 6.07) is 19.7. The van der Waals surface area contributed by atoms with Crippen LogP contribution in [-0.2, 0) is 4.79 Å². The molecule has 0 saturated carbocycles. The number of benzene rings is 2. The Morgan fingerprint density at radius 3 is 2.56 bits per heavy atom. The number of para-hydroxylation sites is 1. The Balaban J connectivity index is 1.28. The monoisotopic (exact) mass is 491 g/mol. The van der Waals surface area contributed by atoms with E-state index in [1.54, 1.807) is 0 Å². The third-order valence-electron chi connectivity index (χ3n) is 6.64. The number of hydrogen-bond acceptors (Lipinski definition) is 3. The van der Waals surface area contributed by atoms with Crippen LogP contribution in [0.25, 0.3) is 10.9 Å². The van der Waals surface area contributed by atoms with Crippen molar-refractivity contribution < 1.29 is 9.59 Å². The van der Waals surface area contributed by atoms with Crippen molar-refractivity contribution in [2.45, 2.75) is 18.8 Å². The predicted molar refractivity (Wildman–Crippen MR) is 138 cm³/mol. The van der Waals surface area contributed by atoms with Crippen LogP contribution in [0.1, 0.15) is 39.6 Å². The van der Waals surface area contributed by atoms with Crippen LogP contribution < -0.4 is 5.32 Å². The summed E-state index contributed by atoms with van der Waals surface area (Å²) in [5, 5.41) is 6.92. The summed E-state index contributed by atoms with van der Waals surface area (Å²) in [4.78, 5) is 31.7. The largest absolute Gasteiger partial charge is 0.361 e. The summed E-state index contributed by atoms with van der Waals surface area (Å²) in [5.74, 6) is -0.0661. The number of carbonyl (C=O) groups is 2. The molecule has 0 radical (unpaired) electrons. The second-order valence-corrected chi connectivity index (χ2v) is 10.0. The maximum absolute atomic E-state index is 13.1. The van der Waals surface area contributed by atoms with Crippen LogP contribution in [0.2, 0.25) is 5.02 Å². The van der Waals surface area contributed by atoms with E-state index in [0.29, 0.717) is 37.5 Å². The minimum absolute atomic E-state index is 0.0418. The molecule has 1 aliphatic rings. The molecule has 7 heteroatoms. The number of thiophene rings is 1. The lowest BCUT2D eigenvalue weighted by molar-refractivity contribution is -0.126. The molecule has 1 aliphatic heterocycles. The summed E-state index contributed by atoms with van der Waals surface area (Å²) in [5.41, 5.74) is 3.16. The molecular formula is C27H26ClN3O2S. The summed E-state index contributed by atoms with van der Waals surface area (Å²) in [7, 11) is 0. The van der Waals surface area contributed by atoms with Gasteiger partial charge in [0.1, 0.15) is 0 Å². The smallest absolute Gasteiger partial charge is 0.263 e. The average Bonchev–Trinajstić information content (AvgIpc) is 3.56. The van der Waals surface area contributed by atoms with Crippen LogP contribution >= 0.6 is 22.9 Å². The third-order valence-corrected chi connectivity index (χ3v) is 7.84. The number of nitrogens with zero attached hydrogens (tertiary/aromatic N) is 1. The number of halogens is 1. The summed E-state index contributed by atoms with van der Waals surface area (Å²) < 4.78 is 0. The van der Waals surface area contributed by atoms with Crippen molar-refractivity contribution in [3.05, 3.63) is 93.3 Å². The summed E-state index contributed by atoms with van der Waals surface area (Å²) in [6.07, 6.45) is 3.36. The number of nitrogens with one attached hydrogen (secondary N) is 2. The van der Waals surface area contributed by atoms with E-state index in [2.05, 4.69) is 16.4 Å². The highest BCUT2D eigenvalue weighted by atomic mass is 35.5. The number of aromatic nitrogens is 1. The number of amides is 2. The van der Waals surface area contributed by atoms with E-state index < -0.39 is 0 Å². The van der Waals surface area contributed by atoms with Crippen molar-refractivity contribution in [3.8, 4) is 0 Å². The van der Waals surface area contributed by atoms with Gasteiger partial charge in [-0.1, -0.05) is 54.1 Å². The summed E-state index contributed by atoms with van der Waals surface area (Å²) >= 11 is 8.04. The molecule has 5 rings (SSSR count). The van der Waals surface area contributed by atoms with Crippen LogP contribution in [0.5, 0.6) is 0 Å². The fourth-order valence-corrected chi connectivity index (χ4v) is 5.73. The van der Waals surface area contributed by atoms with Crippen LogP contribution in [0.3, 0.4) is 0 Å². The zero-order valence-electron chi connectivity index (χ0n) is 18.7. The fraction of sp³-hybridized carbons (Fsp3) is 0.259. The number of aromatic amines is 1. The van der Waals surface area contributed by atoms with Crippen molar-refractivity contribution in [2.24, 2.45) is 5.92 Å². The molecule has 1 atom stereocenters. The van der Waals surface area contributed by atoms with Crippen LogP contribution in [0.15, 0.2) is 72.2 Å². The first-order chi connectivity index (χ1) is 16.6. The van der Waals surface area contributed by atoms with E-state index in [0.717, 1.165) is 26.9 Å². The lowest BCUT2D eigenvalue weighted by Gasteiger charge is -2.31. The maximum Gasteiger partial charge on any atom is 0.263 e. The SMILES string of the molecule is O=C(NCC(c1ccccc1Cl)c1c[nH]c2ccccc12)C1CCN(C(=O)c2cccs2)CC1. The molecule has 1 saturated heterocycles. The Morgan fingerprint density at radius 1 is 1.03 bits per heavy atom. The lowest BCUT2D eigenvalue weighted by atomic mass is 9.90. The second-order valence-electron chi connectivity index (χ2n) is 8.65. The predicted octanol–water partition coefficient (Wildman–Crippen LogP) is 5.68. The first-order valence-electron chi connectivity index (χ1n) is 11.5. The Labute approximate surface area is 207 Å². The second kappa shape index (κ2) is 10.0. The van der Waals surface area contributed by atoms with E-state index in [4.69, 9.17) is 11.6 Å². The Bertz CT molecular complexity index is 1290. The molecule has 5 nitrogen and oxygen atoms in total. The van der Waals surface area contributed by atoms with Crippen molar-refractivity contribution >= 4 is 45.7 Å². The van der Waals surface area contributed by atoms with Crippen LogP contribution in [0.4, 0.5) is 0 Å². The topological polar surface area (TPSA) is 65.2 Å². The van der Waals surface area contributed by atoms with Crippen molar-refractivity contribution in [3.63, 3.8) is 0 Å². The molecule has 2 amide bonds. The number of likely N-dealkylation sites (tertiary alicyclic amines) is 1. The molecule has 1 unspecified atom stereocenters. The zero-order chi connectivity index (χ0) is 23.5. The Hall–Kier alpha value is -3.09.